The van der Waals surface area contributed by atoms with Crippen LogP contribution in [0.2, 0.25) is 0 Å². The molecule has 0 spiro atoms. The van der Waals surface area contributed by atoms with E-state index >= 15 is 0 Å². The average Bonchev–Trinajstić information content (AvgIpc) is 3.45. The molecule has 3 unspecified atom stereocenters. The van der Waals surface area contributed by atoms with E-state index in [9.17, 15) is 4.79 Å². The average molecular weight is 487 g/mol. The Balaban J connectivity index is 1.32. The zero-order valence-corrected chi connectivity index (χ0v) is 21.6. The Bertz CT molecular complexity index is 1240. The smallest absolute Gasteiger partial charge is 0.410 e. The van der Waals surface area contributed by atoms with Gasteiger partial charge in [0.2, 0.25) is 5.95 Å². The van der Waals surface area contributed by atoms with Crippen LogP contribution < -0.4 is 10.2 Å². The summed E-state index contributed by atoms with van der Waals surface area (Å²) in [5.41, 5.74) is 3.46. The number of carbonyl (C=O) groups is 1. The van der Waals surface area contributed by atoms with Crippen LogP contribution in [0.3, 0.4) is 0 Å². The molecule has 8 heteroatoms. The van der Waals surface area contributed by atoms with Crippen LogP contribution >= 0.6 is 0 Å². The molecule has 2 aromatic heterocycles. The van der Waals surface area contributed by atoms with Gasteiger partial charge in [-0.05, 0) is 64.8 Å². The second kappa shape index (κ2) is 9.41. The number of ether oxygens (including phenoxy) is 1. The molecule has 2 saturated heterocycles. The van der Waals surface area contributed by atoms with E-state index in [0.29, 0.717) is 19.0 Å². The number of amides is 1. The van der Waals surface area contributed by atoms with Gasteiger partial charge in [0, 0.05) is 36.6 Å². The SMILES string of the molecule is Cc1cc(-c2ccnc(NC(C)c3ccccc3)c2)nc(N2CC3CC2CN3C(=O)OC(C)(C)C)n1. The predicted octanol–water partition coefficient (Wildman–Crippen LogP) is 5.22. The van der Waals surface area contributed by atoms with Gasteiger partial charge in [0.15, 0.2) is 0 Å². The maximum absolute atomic E-state index is 12.6. The van der Waals surface area contributed by atoms with Crippen LogP contribution in [0.1, 0.15) is 51.4 Å². The summed E-state index contributed by atoms with van der Waals surface area (Å²) in [6.45, 7) is 11.2. The number of nitrogens with zero attached hydrogens (tertiary/aromatic N) is 5. The van der Waals surface area contributed by atoms with Crippen LogP contribution in [0.4, 0.5) is 16.6 Å². The normalized spacial score (nSPS) is 19.9. The van der Waals surface area contributed by atoms with Gasteiger partial charge in [-0.15, -0.1) is 0 Å². The van der Waals surface area contributed by atoms with Gasteiger partial charge in [-0.1, -0.05) is 30.3 Å². The second-order valence-electron chi connectivity index (χ2n) is 10.7. The number of aryl methyl sites for hydroxylation is 1. The quantitative estimate of drug-likeness (QED) is 0.529. The fourth-order valence-corrected chi connectivity index (χ4v) is 5.00. The van der Waals surface area contributed by atoms with Crippen molar-refractivity contribution in [1.82, 2.24) is 19.9 Å². The van der Waals surface area contributed by atoms with Gasteiger partial charge >= 0.3 is 6.09 Å². The van der Waals surface area contributed by atoms with Gasteiger partial charge in [0.25, 0.3) is 0 Å². The van der Waals surface area contributed by atoms with Gasteiger partial charge in [-0.3, -0.25) is 0 Å². The van der Waals surface area contributed by atoms with Crippen LogP contribution in [0.5, 0.6) is 0 Å². The first-order chi connectivity index (χ1) is 17.2. The van der Waals surface area contributed by atoms with Gasteiger partial charge in [-0.25, -0.2) is 19.7 Å². The molecule has 5 rings (SSSR count). The number of carbonyl (C=O) groups excluding carboxylic acids is 1. The van der Waals surface area contributed by atoms with Crippen LogP contribution in [-0.4, -0.2) is 56.7 Å². The summed E-state index contributed by atoms with van der Waals surface area (Å²) >= 11 is 0. The summed E-state index contributed by atoms with van der Waals surface area (Å²) in [6, 6.07) is 16.8. The number of benzene rings is 1. The standard InChI is InChI=1S/C28H34N6O2/c1-18-13-24(21-11-12-29-25(14-21)31-19(2)20-9-7-6-8-10-20)32-26(30-18)33-16-23-15-22(33)17-34(23)27(35)36-28(3,4)5/h6-14,19,22-23H,15-17H2,1-5H3,(H,29,31). The molecule has 3 atom stereocenters. The molecule has 2 aliphatic heterocycles. The monoisotopic (exact) mass is 486 g/mol. The van der Waals surface area contributed by atoms with Gasteiger partial charge in [0.05, 0.1) is 17.8 Å². The lowest BCUT2D eigenvalue weighted by molar-refractivity contribution is 0.0214. The Hall–Kier alpha value is -3.68. The van der Waals surface area contributed by atoms with Gasteiger partial charge < -0.3 is 19.9 Å². The Labute approximate surface area is 212 Å². The first kappa shape index (κ1) is 24.0. The molecule has 2 aliphatic rings. The highest BCUT2D eigenvalue weighted by Crippen LogP contribution is 2.35. The fourth-order valence-electron chi connectivity index (χ4n) is 5.00. The van der Waals surface area contributed by atoms with Crippen molar-refractivity contribution in [2.24, 2.45) is 0 Å². The summed E-state index contributed by atoms with van der Waals surface area (Å²) in [5, 5.41) is 3.49. The van der Waals surface area contributed by atoms with E-state index in [1.54, 1.807) is 0 Å². The van der Waals surface area contributed by atoms with Crippen molar-refractivity contribution in [3.05, 3.63) is 66.0 Å². The van der Waals surface area contributed by atoms with E-state index < -0.39 is 5.60 Å². The van der Waals surface area contributed by atoms with E-state index in [0.717, 1.165) is 29.2 Å². The number of piperazine rings is 1. The lowest BCUT2D eigenvalue weighted by Gasteiger charge is -2.35. The van der Waals surface area contributed by atoms with Crippen molar-refractivity contribution in [2.75, 3.05) is 23.3 Å². The second-order valence-corrected chi connectivity index (χ2v) is 10.7. The zero-order chi connectivity index (χ0) is 25.4. The van der Waals surface area contributed by atoms with E-state index in [4.69, 9.17) is 14.7 Å². The lowest BCUT2D eigenvalue weighted by atomic mass is 10.1. The maximum Gasteiger partial charge on any atom is 0.410 e. The first-order valence-corrected chi connectivity index (χ1v) is 12.6. The fraction of sp³-hybridized carbons (Fsp3) is 0.429. The third-order valence-corrected chi connectivity index (χ3v) is 6.69. The van der Waals surface area contributed by atoms with Crippen LogP contribution in [-0.2, 0) is 4.74 Å². The number of aromatic nitrogens is 3. The molecular weight excluding hydrogens is 452 g/mol. The third-order valence-electron chi connectivity index (χ3n) is 6.69. The molecule has 2 bridgehead atoms. The molecule has 4 heterocycles. The van der Waals surface area contributed by atoms with E-state index in [2.05, 4.69) is 34.3 Å². The molecule has 1 amide bonds. The molecule has 0 radical (unpaired) electrons. The highest BCUT2D eigenvalue weighted by Gasteiger charge is 2.47. The molecule has 8 nitrogen and oxygen atoms in total. The molecule has 1 N–H and O–H groups in total. The van der Waals surface area contributed by atoms with Crippen molar-refractivity contribution in [3.8, 4) is 11.3 Å². The minimum absolute atomic E-state index is 0.119. The van der Waals surface area contributed by atoms with Crippen molar-refractivity contribution in [2.45, 2.75) is 64.8 Å². The van der Waals surface area contributed by atoms with E-state index in [-0.39, 0.29) is 24.2 Å². The summed E-state index contributed by atoms with van der Waals surface area (Å²) in [5.74, 6) is 1.51. The predicted molar refractivity (Wildman–Crippen MR) is 141 cm³/mol. The zero-order valence-electron chi connectivity index (χ0n) is 21.6. The summed E-state index contributed by atoms with van der Waals surface area (Å²) in [6.07, 6.45) is 2.48. The molecule has 188 valence electrons. The molecule has 0 saturated carbocycles. The van der Waals surface area contributed by atoms with Crippen LogP contribution in [0, 0.1) is 6.92 Å². The van der Waals surface area contributed by atoms with Gasteiger partial charge in [-0.2, -0.15) is 0 Å². The highest BCUT2D eigenvalue weighted by molar-refractivity contribution is 5.70. The number of hydrogen-bond acceptors (Lipinski definition) is 7. The molecular formula is C28H34N6O2. The first-order valence-electron chi connectivity index (χ1n) is 12.6. The van der Waals surface area contributed by atoms with Crippen molar-refractivity contribution < 1.29 is 9.53 Å². The van der Waals surface area contributed by atoms with Crippen LogP contribution in [0.25, 0.3) is 11.3 Å². The molecule has 1 aromatic carbocycles. The Morgan fingerprint density at radius 3 is 2.56 bits per heavy atom. The highest BCUT2D eigenvalue weighted by atomic mass is 16.6. The van der Waals surface area contributed by atoms with Crippen molar-refractivity contribution in [3.63, 3.8) is 0 Å². The van der Waals surface area contributed by atoms with Crippen molar-refractivity contribution >= 4 is 17.9 Å². The van der Waals surface area contributed by atoms with E-state index in [1.165, 1.54) is 5.56 Å². The number of hydrogen-bond donors (Lipinski definition) is 1. The number of fused-ring (bicyclic) bond motifs is 2. The maximum atomic E-state index is 12.6. The number of rotatable bonds is 5. The van der Waals surface area contributed by atoms with Crippen molar-refractivity contribution in [1.29, 1.82) is 0 Å². The van der Waals surface area contributed by atoms with Crippen LogP contribution in [0.15, 0.2) is 54.7 Å². The van der Waals surface area contributed by atoms with E-state index in [1.807, 2.05) is 75.2 Å². The molecule has 36 heavy (non-hydrogen) atoms. The number of pyridine rings is 1. The Morgan fingerprint density at radius 1 is 1.08 bits per heavy atom. The largest absolute Gasteiger partial charge is 0.444 e. The lowest BCUT2D eigenvalue weighted by Crippen LogP contribution is -2.50. The summed E-state index contributed by atoms with van der Waals surface area (Å²) in [4.78, 5) is 30.9. The number of anilines is 2. The summed E-state index contributed by atoms with van der Waals surface area (Å²) in [7, 11) is 0. The Kier molecular flexibility index (Phi) is 6.28. The summed E-state index contributed by atoms with van der Waals surface area (Å²) < 4.78 is 5.60. The third kappa shape index (κ3) is 5.12. The molecule has 2 fully saturated rings. The minimum Gasteiger partial charge on any atom is -0.444 e. The molecule has 0 aliphatic carbocycles. The molecule has 3 aromatic rings. The van der Waals surface area contributed by atoms with Gasteiger partial charge in [0.1, 0.15) is 11.4 Å². The number of likely N-dealkylation sites (tertiary alicyclic amines) is 1. The minimum atomic E-state index is -0.496. The number of nitrogens with one attached hydrogen (secondary N) is 1. The topological polar surface area (TPSA) is 83.5 Å². The Morgan fingerprint density at radius 2 is 1.86 bits per heavy atom.